The molecule has 2 fully saturated rings. The molecule has 8 nitrogen and oxygen atoms in total. The van der Waals surface area contributed by atoms with Crippen LogP contribution in [0.5, 0.6) is 0 Å². The molecule has 1 saturated heterocycles. The van der Waals surface area contributed by atoms with Gasteiger partial charge in [-0.1, -0.05) is 0 Å². The van der Waals surface area contributed by atoms with Gasteiger partial charge in [-0.3, -0.25) is 19.6 Å². The van der Waals surface area contributed by atoms with Crippen molar-refractivity contribution in [2.45, 2.75) is 43.3 Å². The maximum absolute atomic E-state index is 14.1. The number of sulfonamides is 1. The van der Waals surface area contributed by atoms with E-state index in [2.05, 4.69) is 10.3 Å². The van der Waals surface area contributed by atoms with Crippen molar-refractivity contribution >= 4 is 21.0 Å². The van der Waals surface area contributed by atoms with Crippen molar-refractivity contribution in [3.05, 3.63) is 35.1 Å². The van der Waals surface area contributed by atoms with Crippen molar-refractivity contribution in [3.8, 4) is 0 Å². The molecule has 1 amide bonds. The van der Waals surface area contributed by atoms with E-state index in [1.54, 1.807) is 11.9 Å². The lowest BCUT2D eigenvalue weighted by atomic mass is 9.78. The highest BCUT2D eigenvalue weighted by molar-refractivity contribution is 8.04. The van der Waals surface area contributed by atoms with Crippen LogP contribution < -0.4 is 5.32 Å². The molecule has 15 heteroatoms. The highest BCUT2D eigenvalue weighted by Crippen LogP contribution is 2.42. The van der Waals surface area contributed by atoms with Gasteiger partial charge in [0.15, 0.2) is 5.04 Å². The molecule has 0 radical (unpaired) electrons. The van der Waals surface area contributed by atoms with E-state index in [-0.39, 0.29) is 69.9 Å². The lowest BCUT2D eigenvalue weighted by Crippen LogP contribution is -2.63. The Morgan fingerprint density at radius 3 is 2.26 bits per heavy atom. The molecule has 0 unspecified atom stereocenters. The highest BCUT2D eigenvalue weighted by atomic mass is 32.2. The maximum Gasteiger partial charge on any atom is 0.417 e. The van der Waals surface area contributed by atoms with Gasteiger partial charge in [-0.15, -0.1) is 0 Å². The first kappa shape index (κ1) is 28.8. The fraction of sp³-hybridized carbons (Fsp3) is 0.652. The number of benzene rings is 1. The van der Waals surface area contributed by atoms with Crippen LogP contribution in [0.1, 0.15) is 41.6 Å². The van der Waals surface area contributed by atoms with Crippen LogP contribution in [0.3, 0.4) is 0 Å². The molecule has 1 saturated carbocycles. The van der Waals surface area contributed by atoms with Crippen LogP contribution in [0.4, 0.5) is 26.3 Å². The predicted molar refractivity (Wildman–Crippen MR) is 127 cm³/mol. The Kier molecular flexibility index (Phi) is 7.87. The van der Waals surface area contributed by atoms with E-state index in [4.69, 9.17) is 0 Å². The van der Waals surface area contributed by atoms with Crippen LogP contribution in [0.15, 0.2) is 23.2 Å². The molecular formula is C23H29F6N5O3S. The number of carbonyl (C=O) groups is 1. The number of piperazine rings is 1. The zero-order valence-electron chi connectivity index (χ0n) is 20.7. The van der Waals surface area contributed by atoms with Gasteiger partial charge in [0.25, 0.3) is 15.9 Å². The van der Waals surface area contributed by atoms with Crippen molar-refractivity contribution in [3.63, 3.8) is 0 Å². The molecule has 38 heavy (non-hydrogen) atoms. The molecule has 1 N–H and O–H groups in total. The number of carbonyl (C=O) groups excluding carboxylic acids is 1. The molecule has 0 bridgehead atoms. The Labute approximate surface area is 216 Å². The highest BCUT2D eigenvalue weighted by Gasteiger charge is 2.48. The zero-order chi connectivity index (χ0) is 27.9. The first-order chi connectivity index (χ1) is 17.6. The average molecular weight is 570 g/mol. The summed E-state index contributed by atoms with van der Waals surface area (Å²) in [7, 11) is -2.04. The summed E-state index contributed by atoms with van der Waals surface area (Å²) in [4.78, 5) is 20.4. The third kappa shape index (κ3) is 6.00. The summed E-state index contributed by atoms with van der Waals surface area (Å²) >= 11 is 0. The summed E-state index contributed by atoms with van der Waals surface area (Å²) in [5, 5.41) is 2.52. The standard InChI is InChI=1S/C23H29F6N5O3S/c1-32-13-19(31-15-32)38(36,37)34-10-8-33(9-11-34)21(4-6-22(25,26)7-5-21)14-30-20(35)17-3-2-16(24)12-18(17)23(27,28)29/h2-3,12H,4-11,13-15H2,1H3,(H,30,35). The predicted octanol–water partition coefficient (Wildman–Crippen LogP) is 2.77. The van der Waals surface area contributed by atoms with Gasteiger partial charge < -0.3 is 5.32 Å². The maximum atomic E-state index is 14.1. The third-order valence-corrected chi connectivity index (χ3v) is 9.36. The van der Waals surface area contributed by atoms with Gasteiger partial charge in [-0.25, -0.2) is 21.6 Å². The van der Waals surface area contributed by atoms with Gasteiger partial charge in [0.05, 0.1) is 24.3 Å². The third-order valence-electron chi connectivity index (χ3n) is 7.46. The van der Waals surface area contributed by atoms with Crippen molar-refractivity contribution in [1.29, 1.82) is 0 Å². The van der Waals surface area contributed by atoms with Gasteiger partial charge in [0, 0.05) is 51.1 Å². The number of hydrogen-bond donors (Lipinski definition) is 1. The summed E-state index contributed by atoms with van der Waals surface area (Å²) in [5.74, 6) is -5.16. The molecule has 212 valence electrons. The number of nitrogens with zero attached hydrogens (tertiary/aromatic N) is 4. The molecule has 2 heterocycles. The lowest BCUT2D eigenvalue weighted by molar-refractivity contribution is -0.138. The number of nitrogens with one attached hydrogen (secondary N) is 1. The second-order valence-electron chi connectivity index (χ2n) is 10.0. The molecule has 1 aromatic carbocycles. The number of aliphatic imine (C=N–C) groups is 1. The summed E-state index contributed by atoms with van der Waals surface area (Å²) in [6.07, 6.45) is -6.01. The van der Waals surface area contributed by atoms with Crippen LogP contribution in [0.25, 0.3) is 0 Å². The van der Waals surface area contributed by atoms with Crippen molar-refractivity contribution in [2.75, 3.05) is 53.0 Å². The smallest absolute Gasteiger partial charge is 0.350 e. The molecular weight excluding hydrogens is 540 g/mol. The topological polar surface area (TPSA) is 85.3 Å². The zero-order valence-corrected chi connectivity index (χ0v) is 21.5. The second-order valence-corrected chi connectivity index (χ2v) is 12.0. The molecule has 2 aliphatic heterocycles. The van der Waals surface area contributed by atoms with Gasteiger partial charge in [-0.05, 0) is 38.1 Å². The Morgan fingerprint density at radius 1 is 1.08 bits per heavy atom. The summed E-state index contributed by atoms with van der Waals surface area (Å²) in [6, 6.07) is 1.72. The normalized spacial score (nSPS) is 23.3. The van der Waals surface area contributed by atoms with Crippen LogP contribution in [-0.2, 0) is 16.2 Å². The van der Waals surface area contributed by atoms with Crippen LogP contribution in [0, 0.1) is 5.82 Å². The largest absolute Gasteiger partial charge is 0.417 e. The first-order valence-corrected chi connectivity index (χ1v) is 13.6. The molecule has 0 spiro atoms. The fourth-order valence-electron chi connectivity index (χ4n) is 5.22. The lowest BCUT2D eigenvalue weighted by Gasteiger charge is -2.50. The Bertz CT molecular complexity index is 1190. The minimum atomic E-state index is -4.97. The van der Waals surface area contributed by atoms with E-state index in [0.29, 0.717) is 0 Å². The molecule has 3 aliphatic rings. The summed E-state index contributed by atoms with van der Waals surface area (Å²) in [6.45, 7) is 0.774. The van der Waals surface area contributed by atoms with Gasteiger partial charge in [-0.2, -0.15) is 17.5 Å². The van der Waals surface area contributed by atoms with E-state index >= 15 is 0 Å². The number of amides is 1. The van der Waals surface area contributed by atoms with E-state index < -0.39 is 63.4 Å². The molecule has 1 aliphatic carbocycles. The molecule has 0 aromatic heterocycles. The van der Waals surface area contributed by atoms with E-state index in [1.165, 1.54) is 4.31 Å². The van der Waals surface area contributed by atoms with E-state index in [1.807, 2.05) is 4.90 Å². The Hall–Kier alpha value is -2.23. The van der Waals surface area contributed by atoms with Crippen LogP contribution >= 0.6 is 0 Å². The Morgan fingerprint density at radius 2 is 1.71 bits per heavy atom. The van der Waals surface area contributed by atoms with Gasteiger partial charge >= 0.3 is 6.18 Å². The van der Waals surface area contributed by atoms with Crippen LogP contribution in [0.2, 0.25) is 0 Å². The summed E-state index contributed by atoms with van der Waals surface area (Å²) < 4.78 is 109. The molecule has 0 atom stereocenters. The van der Waals surface area contributed by atoms with Crippen molar-refractivity contribution in [2.24, 2.45) is 4.99 Å². The number of alkyl halides is 5. The van der Waals surface area contributed by atoms with E-state index in [9.17, 15) is 39.6 Å². The SMILES string of the molecule is CN1CN=C(S(=O)(=O)N2CCN(C3(CNC(=O)c4ccc(F)cc4C(F)(F)F)CCC(F)(F)CC3)CC2)C1. The van der Waals surface area contributed by atoms with Crippen molar-refractivity contribution in [1.82, 2.24) is 19.4 Å². The van der Waals surface area contributed by atoms with Crippen LogP contribution in [-0.4, -0.2) is 97.9 Å². The molecule has 1 aromatic rings. The minimum Gasteiger partial charge on any atom is -0.350 e. The number of hydrogen-bond acceptors (Lipinski definition) is 6. The van der Waals surface area contributed by atoms with E-state index in [0.717, 1.165) is 12.1 Å². The monoisotopic (exact) mass is 569 g/mol. The molecule has 4 rings (SSSR count). The fourth-order valence-corrected chi connectivity index (χ4v) is 6.77. The van der Waals surface area contributed by atoms with Crippen molar-refractivity contribution < 1.29 is 39.6 Å². The average Bonchev–Trinajstić information content (AvgIpc) is 3.30. The number of halogens is 6. The number of rotatable bonds is 5. The summed E-state index contributed by atoms with van der Waals surface area (Å²) in [5.41, 5.74) is -3.21. The van der Waals surface area contributed by atoms with Gasteiger partial charge in [0.2, 0.25) is 5.92 Å². The first-order valence-electron chi connectivity index (χ1n) is 12.1. The van der Waals surface area contributed by atoms with Gasteiger partial charge in [0.1, 0.15) is 5.82 Å². The minimum absolute atomic E-state index is 0.0416. The quantitative estimate of drug-likeness (QED) is 0.552. The Balaban J connectivity index is 1.49. The second kappa shape index (κ2) is 10.4.